The number of nitrogens with zero attached hydrogens (tertiary/aromatic N) is 1. The van der Waals surface area contributed by atoms with E-state index in [0.29, 0.717) is 22.2 Å². The van der Waals surface area contributed by atoms with Crippen LogP contribution < -0.4 is 16.4 Å². The third-order valence-electron chi connectivity index (χ3n) is 3.59. The molecule has 1 saturated heterocycles. The van der Waals surface area contributed by atoms with Crippen molar-refractivity contribution >= 4 is 34.3 Å². The first-order valence-electron chi connectivity index (χ1n) is 6.84. The average Bonchev–Trinajstić information content (AvgIpc) is 2.50. The molecule has 0 bridgehead atoms. The van der Waals surface area contributed by atoms with Gasteiger partial charge in [-0.2, -0.15) is 0 Å². The molecule has 4 N–H and O–H groups in total. The number of aromatic nitrogens is 1. The quantitative estimate of drug-likeness (QED) is 0.692. The van der Waals surface area contributed by atoms with Gasteiger partial charge in [0.05, 0.1) is 11.1 Å². The Morgan fingerprint density at radius 1 is 1.32 bits per heavy atom. The summed E-state index contributed by atoms with van der Waals surface area (Å²) >= 11 is 0. The number of nitrogens with one attached hydrogen (secondary N) is 2. The minimum absolute atomic E-state index is 0.206. The third kappa shape index (κ3) is 2.48. The number of amides is 3. The fourth-order valence-electron chi connectivity index (χ4n) is 2.45. The molecule has 3 amide bonds. The highest BCUT2D eigenvalue weighted by Crippen LogP contribution is 2.22. The van der Waals surface area contributed by atoms with Crippen LogP contribution >= 0.6 is 0 Å². The summed E-state index contributed by atoms with van der Waals surface area (Å²) in [4.78, 5) is 39.4. The van der Waals surface area contributed by atoms with E-state index < -0.39 is 17.9 Å². The van der Waals surface area contributed by atoms with Crippen LogP contribution in [0.3, 0.4) is 0 Å². The van der Waals surface area contributed by atoms with Crippen LogP contribution in [0.4, 0.5) is 5.69 Å². The van der Waals surface area contributed by atoms with Gasteiger partial charge < -0.3 is 11.1 Å². The SMILES string of the molecule is Nc1ccnc2c(C(=O)NC3CCC(=O)NC3=O)cccc12. The lowest BCUT2D eigenvalue weighted by atomic mass is 10.0. The molecule has 3 rings (SSSR count). The number of nitrogen functional groups attached to an aromatic ring is 1. The topological polar surface area (TPSA) is 114 Å². The van der Waals surface area contributed by atoms with Gasteiger partial charge in [0.15, 0.2) is 0 Å². The van der Waals surface area contributed by atoms with Crippen LogP contribution in [0.5, 0.6) is 0 Å². The predicted molar refractivity (Wildman–Crippen MR) is 79.8 cm³/mol. The fraction of sp³-hybridized carbons (Fsp3) is 0.200. The lowest BCUT2D eigenvalue weighted by Gasteiger charge is -2.22. The molecule has 0 spiro atoms. The van der Waals surface area contributed by atoms with Gasteiger partial charge in [-0.3, -0.25) is 24.7 Å². The summed E-state index contributed by atoms with van der Waals surface area (Å²) in [5, 5.41) is 5.52. The first-order valence-corrected chi connectivity index (χ1v) is 6.84. The van der Waals surface area contributed by atoms with E-state index in [2.05, 4.69) is 15.6 Å². The van der Waals surface area contributed by atoms with Crippen molar-refractivity contribution < 1.29 is 14.4 Å². The van der Waals surface area contributed by atoms with Gasteiger partial charge in [0.25, 0.3) is 5.91 Å². The van der Waals surface area contributed by atoms with E-state index in [4.69, 9.17) is 5.73 Å². The Labute approximate surface area is 125 Å². The second-order valence-electron chi connectivity index (χ2n) is 5.08. The van der Waals surface area contributed by atoms with Crippen LogP contribution in [0.2, 0.25) is 0 Å². The normalized spacial score (nSPS) is 18.1. The van der Waals surface area contributed by atoms with Gasteiger partial charge in [-0.1, -0.05) is 12.1 Å². The Morgan fingerprint density at radius 3 is 2.91 bits per heavy atom. The molecule has 22 heavy (non-hydrogen) atoms. The molecule has 112 valence electrons. The minimum Gasteiger partial charge on any atom is -0.398 e. The predicted octanol–water partition coefficient (Wildman–Crippen LogP) is 0.352. The number of nitrogens with two attached hydrogens (primary N) is 1. The molecule has 1 aromatic heterocycles. The van der Waals surface area contributed by atoms with Crippen molar-refractivity contribution in [2.75, 3.05) is 5.73 Å². The van der Waals surface area contributed by atoms with Gasteiger partial charge in [-0.25, -0.2) is 0 Å². The molecule has 1 aliphatic heterocycles. The number of anilines is 1. The minimum atomic E-state index is -0.721. The molecule has 2 heterocycles. The molecule has 1 fully saturated rings. The smallest absolute Gasteiger partial charge is 0.254 e. The first-order chi connectivity index (χ1) is 10.6. The molecule has 0 radical (unpaired) electrons. The van der Waals surface area contributed by atoms with Crippen molar-refractivity contribution in [3.05, 3.63) is 36.0 Å². The monoisotopic (exact) mass is 298 g/mol. The maximum absolute atomic E-state index is 12.4. The number of hydrogen-bond donors (Lipinski definition) is 3. The molecule has 1 atom stereocenters. The van der Waals surface area contributed by atoms with E-state index in [-0.39, 0.29) is 18.7 Å². The van der Waals surface area contributed by atoms with Crippen molar-refractivity contribution in [3.8, 4) is 0 Å². The summed E-state index contributed by atoms with van der Waals surface area (Å²) in [6.45, 7) is 0. The summed E-state index contributed by atoms with van der Waals surface area (Å²) in [6.07, 6.45) is 2.02. The molecular weight excluding hydrogens is 284 g/mol. The van der Waals surface area contributed by atoms with Crippen LogP contribution in [0.25, 0.3) is 10.9 Å². The Balaban J connectivity index is 1.88. The van der Waals surface area contributed by atoms with Gasteiger partial charge in [-0.15, -0.1) is 0 Å². The maximum Gasteiger partial charge on any atom is 0.254 e. The van der Waals surface area contributed by atoms with E-state index in [1.165, 1.54) is 6.20 Å². The standard InChI is InChI=1S/C15H14N4O3/c16-10-6-7-17-13-8(10)2-1-3-9(13)14(21)18-11-4-5-12(20)19-15(11)22/h1-3,6-7,11H,4-5H2,(H2,16,17)(H,18,21)(H,19,20,22). The molecule has 2 aromatic rings. The van der Waals surface area contributed by atoms with Crippen LogP contribution in [-0.2, 0) is 9.59 Å². The maximum atomic E-state index is 12.4. The number of carbonyl (C=O) groups is 3. The molecule has 1 aromatic carbocycles. The molecule has 7 nitrogen and oxygen atoms in total. The van der Waals surface area contributed by atoms with Crippen LogP contribution in [0.15, 0.2) is 30.5 Å². The Hall–Kier alpha value is -2.96. The van der Waals surface area contributed by atoms with Gasteiger partial charge in [0.1, 0.15) is 6.04 Å². The van der Waals surface area contributed by atoms with Gasteiger partial charge in [0, 0.05) is 23.7 Å². The number of imide groups is 1. The summed E-state index contributed by atoms with van der Waals surface area (Å²) in [5.41, 5.74) is 7.22. The number of hydrogen-bond acceptors (Lipinski definition) is 5. The molecule has 7 heteroatoms. The van der Waals surface area contributed by atoms with Gasteiger partial charge in [-0.05, 0) is 18.6 Å². The average molecular weight is 298 g/mol. The van der Waals surface area contributed by atoms with Crippen molar-refractivity contribution in [1.82, 2.24) is 15.6 Å². The highest BCUT2D eigenvalue weighted by molar-refractivity contribution is 6.10. The zero-order chi connectivity index (χ0) is 15.7. The molecule has 1 unspecified atom stereocenters. The highest BCUT2D eigenvalue weighted by atomic mass is 16.2. The number of fused-ring (bicyclic) bond motifs is 1. The van der Waals surface area contributed by atoms with Crippen LogP contribution in [0, 0.1) is 0 Å². The van der Waals surface area contributed by atoms with Crippen LogP contribution in [-0.4, -0.2) is 28.7 Å². The number of carbonyl (C=O) groups excluding carboxylic acids is 3. The molecule has 0 saturated carbocycles. The van der Waals surface area contributed by atoms with Gasteiger partial charge >= 0.3 is 0 Å². The third-order valence-corrected chi connectivity index (χ3v) is 3.59. The number of pyridine rings is 1. The zero-order valence-corrected chi connectivity index (χ0v) is 11.6. The van der Waals surface area contributed by atoms with E-state index >= 15 is 0 Å². The Morgan fingerprint density at radius 2 is 2.14 bits per heavy atom. The van der Waals surface area contributed by atoms with Crippen molar-refractivity contribution in [3.63, 3.8) is 0 Å². The van der Waals surface area contributed by atoms with Crippen molar-refractivity contribution in [1.29, 1.82) is 0 Å². The highest BCUT2D eigenvalue weighted by Gasteiger charge is 2.28. The van der Waals surface area contributed by atoms with E-state index in [0.717, 1.165) is 0 Å². The zero-order valence-electron chi connectivity index (χ0n) is 11.6. The first kappa shape index (κ1) is 14.0. The van der Waals surface area contributed by atoms with E-state index in [9.17, 15) is 14.4 Å². The number of piperidine rings is 1. The van der Waals surface area contributed by atoms with Gasteiger partial charge in [0.2, 0.25) is 11.8 Å². The Kier molecular flexibility index (Phi) is 3.46. The summed E-state index contributed by atoms with van der Waals surface area (Å²) < 4.78 is 0. The summed E-state index contributed by atoms with van der Waals surface area (Å²) in [6, 6.07) is 6.04. The molecule has 0 aliphatic carbocycles. The Bertz CT molecular complexity index is 787. The molecule has 1 aliphatic rings. The van der Waals surface area contributed by atoms with Crippen LogP contribution in [0.1, 0.15) is 23.2 Å². The second kappa shape index (κ2) is 5.44. The van der Waals surface area contributed by atoms with E-state index in [1.807, 2.05) is 0 Å². The number of benzene rings is 1. The second-order valence-corrected chi connectivity index (χ2v) is 5.08. The van der Waals surface area contributed by atoms with Crippen molar-refractivity contribution in [2.45, 2.75) is 18.9 Å². The fourth-order valence-corrected chi connectivity index (χ4v) is 2.45. The summed E-state index contributed by atoms with van der Waals surface area (Å²) in [7, 11) is 0. The molecular formula is C15H14N4O3. The number of rotatable bonds is 2. The van der Waals surface area contributed by atoms with Crippen molar-refractivity contribution in [2.24, 2.45) is 0 Å². The summed E-state index contributed by atoms with van der Waals surface area (Å²) in [5.74, 6) is -1.23. The number of para-hydroxylation sites is 1. The van der Waals surface area contributed by atoms with E-state index in [1.54, 1.807) is 24.3 Å². The largest absolute Gasteiger partial charge is 0.398 e. The lowest BCUT2D eigenvalue weighted by molar-refractivity contribution is -0.134. The lowest BCUT2D eigenvalue weighted by Crippen LogP contribution is -2.52.